The van der Waals surface area contributed by atoms with Crippen LogP contribution in [0.25, 0.3) is 0 Å². The molecule has 0 saturated carbocycles. The molecule has 0 aliphatic heterocycles. The number of methoxy groups -OCH3 is 1. The maximum absolute atomic E-state index is 12.2. The fourth-order valence-electron chi connectivity index (χ4n) is 1.88. The van der Waals surface area contributed by atoms with Crippen LogP contribution in [0.4, 0.5) is 0 Å². The maximum Gasteiger partial charge on any atom is 0.240 e. The Morgan fingerprint density at radius 1 is 1.33 bits per heavy atom. The third kappa shape index (κ3) is 5.72. The average Bonchev–Trinajstić information content (AvgIpc) is 2.44. The first-order valence-electron chi connectivity index (χ1n) is 6.87. The van der Waals surface area contributed by atoms with Gasteiger partial charge in [-0.1, -0.05) is 6.07 Å². The first-order chi connectivity index (χ1) is 9.90. The van der Waals surface area contributed by atoms with Crippen LogP contribution in [0.2, 0.25) is 0 Å². The van der Waals surface area contributed by atoms with Crippen LogP contribution in [0.5, 0.6) is 0 Å². The number of nitrogens with two attached hydrogens (primary N) is 1. The van der Waals surface area contributed by atoms with Crippen molar-refractivity contribution in [2.75, 3.05) is 40.4 Å². The fourth-order valence-corrected chi connectivity index (χ4v) is 2.98. The van der Waals surface area contributed by atoms with E-state index < -0.39 is 10.0 Å². The maximum atomic E-state index is 12.2. The van der Waals surface area contributed by atoms with E-state index in [1.54, 1.807) is 25.3 Å². The van der Waals surface area contributed by atoms with Crippen molar-refractivity contribution in [3.8, 4) is 0 Å². The van der Waals surface area contributed by atoms with E-state index in [9.17, 15) is 8.42 Å². The fraction of sp³-hybridized carbons (Fsp3) is 0.571. The van der Waals surface area contributed by atoms with Gasteiger partial charge in [0, 0.05) is 33.3 Å². The zero-order valence-electron chi connectivity index (χ0n) is 12.9. The summed E-state index contributed by atoms with van der Waals surface area (Å²) in [6, 6.07) is 5.00. The largest absolute Gasteiger partial charge is 0.383 e. The summed E-state index contributed by atoms with van der Waals surface area (Å²) in [5.74, 6) is 0. The third-order valence-electron chi connectivity index (χ3n) is 3.31. The molecule has 1 rings (SSSR count). The molecule has 0 amide bonds. The molecule has 0 radical (unpaired) electrons. The molecule has 7 heteroatoms. The van der Waals surface area contributed by atoms with E-state index in [2.05, 4.69) is 4.72 Å². The van der Waals surface area contributed by atoms with Gasteiger partial charge in [0.2, 0.25) is 10.0 Å². The summed E-state index contributed by atoms with van der Waals surface area (Å²) in [5, 5.41) is 0. The summed E-state index contributed by atoms with van der Waals surface area (Å²) in [4.78, 5) is 2.28. The summed E-state index contributed by atoms with van der Waals surface area (Å²) >= 11 is 0. The molecule has 0 saturated heterocycles. The molecule has 0 aliphatic carbocycles. The molecule has 6 nitrogen and oxygen atoms in total. The molecule has 3 N–H and O–H groups in total. The third-order valence-corrected chi connectivity index (χ3v) is 4.77. The second-order valence-electron chi connectivity index (χ2n) is 4.99. The van der Waals surface area contributed by atoms with E-state index >= 15 is 0 Å². The zero-order chi connectivity index (χ0) is 15.9. The molecule has 0 unspecified atom stereocenters. The number of hydrogen-bond donors (Lipinski definition) is 2. The monoisotopic (exact) mass is 315 g/mol. The molecule has 21 heavy (non-hydrogen) atoms. The van der Waals surface area contributed by atoms with Crippen molar-refractivity contribution in [2.24, 2.45) is 5.73 Å². The molecule has 0 fully saturated rings. The first kappa shape index (κ1) is 18.1. The van der Waals surface area contributed by atoms with Gasteiger partial charge in [-0.3, -0.25) is 0 Å². The minimum Gasteiger partial charge on any atom is -0.383 e. The van der Waals surface area contributed by atoms with Crippen LogP contribution in [0.1, 0.15) is 11.1 Å². The summed E-state index contributed by atoms with van der Waals surface area (Å²) in [7, 11) is 0.0942. The van der Waals surface area contributed by atoms with Crippen LogP contribution < -0.4 is 10.5 Å². The predicted molar refractivity (Wildman–Crippen MR) is 83.6 cm³/mol. The molecule has 1 aromatic rings. The Morgan fingerprint density at radius 3 is 2.62 bits per heavy atom. The van der Waals surface area contributed by atoms with Gasteiger partial charge in [0.05, 0.1) is 11.5 Å². The molecule has 120 valence electrons. The van der Waals surface area contributed by atoms with E-state index in [0.717, 1.165) is 17.7 Å². The average molecular weight is 315 g/mol. The number of hydrogen-bond acceptors (Lipinski definition) is 5. The molecule has 1 aromatic carbocycles. The quantitative estimate of drug-likeness (QED) is 0.685. The Hall–Kier alpha value is -0.990. The highest BCUT2D eigenvalue weighted by atomic mass is 32.2. The Labute approximate surface area is 127 Å². The lowest BCUT2D eigenvalue weighted by atomic mass is 10.1. The van der Waals surface area contributed by atoms with Crippen LogP contribution in [-0.4, -0.2) is 53.7 Å². The lowest BCUT2D eigenvalue weighted by Crippen LogP contribution is -2.34. The first-order valence-corrected chi connectivity index (χ1v) is 8.35. The standard InChI is InChI=1S/C14H25N3O3S/c1-12-10-14(5-4-13(12)11-15)21(18,19)16-6-7-17(2)8-9-20-3/h4-5,10,16H,6-9,11,15H2,1-3H3. The van der Waals surface area contributed by atoms with Crippen molar-refractivity contribution in [3.63, 3.8) is 0 Å². The Morgan fingerprint density at radius 2 is 2.05 bits per heavy atom. The molecule has 0 heterocycles. The Kier molecular flexibility index (Phi) is 7.27. The van der Waals surface area contributed by atoms with E-state index in [1.165, 1.54) is 0 Å². The summed E-state index contributed by atoms with van der Waals surface area (Å²) in [6.45, 7) is 4.65. The van der Waals surface area contributed by atoms with Gasteiger partial charge in [0.25, 0.3) is 0 Å². The van der Waals surface area contributed by atoms with Gasteiger partial charge in [-0.25, -0.2) is 13.1 Å². The predicted octanol–water partition coefficient (Wildman–Crippen LogP) is 0.310. The second kappa shape index (κ2) is 8.45. The number of sulfonamides is 1. The SMILES string of the molecule is COCCN(C)CCNS(=O)(=O)c1ccc(CN)c(C)c1. The van der Waals surface area contributed by atoms with Crippen LogP contribution >= 0.6 is 0 Å². The highest BCUT2D eigenvalue weighted by Gasteiger charge is 2.14. The summed E-state index contributed by atoms with van der Waals surface area (Å²) in [6.07, 6.45) is 0. The highest BCUT2D eigenvalue weighted by Crippen LogP contribution is 2.14. The number of benzene rings is 1. The van der Waals surface area contributed by atoms with Gasteiger partial charge in [-0.15, -0.1) is 0 Å². The number of nitrogens with one attached hydrogen (secondary N) is 1. The van der Waals surface area contributed by atoms with Crippen molar-refractivity contribution in [1.29, 1.82) is 0 Å². The molecule has 0 spiro atoms. The summed E-state index contributed by atoms with van der Waals surface area (Å²) in [5.41, 5.74) is 7.42. The van der Waals surface area contributed by atoms with E-state index in [0.29, 0.717) is 26.2 Å². The lowest BCUT2D eigenvalue weighted by Gasteiger charge is -2.16. The number of aryl methyl sites for hydroxylation is 1. The molecule has 0 atom stereocenters. The number of nitrogens with zero attached hydrogens (tertiary/aromatic N) is 1. The Balaban J connectivity index is 2.59. The molecular weight excluding hydrogens is 290 g/mol. The van der Waals surface area contributed by atoms with Gasteiger partial charge in [0.1, 0.15) is 0 Å². The van der Waals surface area contributed by atoms with Gasteiger partial charge < -0.3 is 15.4 Å². The van der Waals surface area contributed by atoms with Gasteiger partial charge in [-0.05, 0) is 37.2 Å². The second-order valence-corrected chi connectivity index (χ2v) is 6.75. The van der Waals surface area contributed by atoms with Crippen molar-refractivity contribution in [1.82, 2.24) is 9.62 Å². The molecule has 0 aromatic heterocycles. The number of ether oxygens (including phenoxy) is 1. The van der Waals surface area contributed by atoms with Crippen molar-refractivity contribution in [3.05, 3.63) is 29.3 Å². The van der Waals surface area contributed by atoms with Gasteiger partial charge in [-0.2, -0.15) is 0 Å². The lowest BCUT2D eigenvalue weighted by molar-refractivity contribution is 0.162. The highest BCUT2D eigenvalue weighted by molar-refractivity contribution is 7.89. The van der Waals surface area contributed by atoms with Gasteiger partial charge in [0.15, 0.2) is 0 Å². The topological polar surface area (TPSA) is 84.7 Å². The Bertz CT molecular complexity index is 546. The summed E-state index contributed by atoms with van der Waals surface area (Å²) < 4.78 is 32.0. The van der Waals surface area contributed by atoms with Crippen LogP contribution in [0.3, 0.4) is 0 Å². The molecule has 0 aliphatic rings. The van der Waals surface area contributed by atoms with E-state index in [4.69, 9.17) is 10.5 Å². The van der Waals surface area contributed by atoms with E-state index in [1.807, 2.05) is 18.9 Å². The zero-order valence-corrected chi connectivity index (χ0v) is 13.7. The van der Waals surface area contributed by atoms with Crippen LogP contribution in [0, 0.1) is 6.92 Å². The molecule has 0 bridgehead atoms. The minimum atomic E-state index is -3.47. The van der Waals surface area contributed by atoms with Crippen LogP contribution in [0.15, 0.2) is 23.1 Å². The smallest absolute Gasteiger partial charge is 0.240 e. The number of rotatable bonds is 9. The van der Waals surface area contributed by atoms with Crippen molar-refractivity contribution in [2.45, 2.75) is 18.4 Å². The van der Waals surface area contributed by atoms with Crippen molar-refractivity contribution >= 4 is 10.0 Å². The molecular formula is C14H25N3O3S. The van der Waals surface area contributed by atoms with Gasteiger partial charge >= 0.3 is 0 Å². The normalized spacial score (nSPS) is 12.0. The minimum absolute atomic E-state index is 0.275. The number of likely N-dealkylation sites (N-methyl/N-ethyl adjacent to an activating group) is 1. The van der Waals surface area contributed by atoms with Crippen molar-refractivity contribution < 1.29 is 13.2 Å². The van der Waals surface area contributed by atoms with E-state index in [-0.39, 0.29) is 4.90 Å². The van der Waals surface area contributed by atoms with Crippen LogP contribution in [-0.2, 0) is 21.3 Å².